The van der Waals surface area contributed by atoms with Crippen molar-refractivity contribution in [1.82, 2.24) is 0 Å². The van der Waals surface area contributed by atoms with Gasteiger partial charge in [0.15, 0.2) is 0 Å². The van der Waals surface area contributed by atoms with Crippen LogP contribution in [0.15, 0.2) is 90.6 Å². The summed E-state index contributed by atoms with van der Waals surface area (Å²) in [6.07, 6.45) is 0. The van der Waals surface area contributed by atoms with Crippen molar-refractivity contribution in [3.8, 4) is 5.75 Å². The fraction of sp³-hybridized carbons (Fsp3) is 0.0833. The number of amides is 2. The molecule has 2 amide bonds. The Labute approximate surface area is 169 Å². The van der Waals surface area contributed by atoms with Gasteiger partial charge in [-0.1, -0.05) is 60.7 Å². The first-order chi connectivity index (χ1) is 14.2. The zero-order valence-electron chi connectivity index (χ0n) is 16.0. The molecule has 4 rings (SSSR count). The summed E-state index contributed by atoms with van der Waals surface area (Å²) in [5, 5.41) is 3.17. The smallest absolute Gasteiger partial charge is 0.282 e. The zero-order valence-corrected chi connectivity index (χ0v) is 16.0. The SMILES string of the molecule is CCOc1ccccc1NC1=C(c2ccccc2)C(=O)N(c2ccccc2)C1=O. The maximum Gasteiger partial charge on any atom is 0.282 e. The predicted octanol–water partition coefficient (Wildman–Crippen LogP) is 4.48. The van der Waals surface area contributed by atoms with Gasteiger partial charge in [0, 0.05) is 0 Å². The lowest BCUT2D eigenvalue weighted by Crippen LogP contribution is -2.32. The Morgan fingerprint density at radius 1 is 0.793 bits per heavy atom. The third kappa shape index (κ3) is 3.50. The molecule has 0 aliphatic carbocycles. The molecule has 1 aliphatic rings. The number of anilines is 2. The molecule has 0 saturated carbocycles. The van der Waals surface area contributed by atoms with E-state index in [0.29, 0.717) is 34.9 Å². The van der Waals surface area contributed by atoms with E-state index >= 15 is 0 Å². The normalized spacial score (nSPS) is 13.8. The lowest BCUT2D eigenvalue weighted by Gasteiger charge is -2.16. The average Bonchev–Trinajstić information content (AvgIpc) is 3.00. The van der Waals surface area contributed by atoms with E-state index in [0.717, 1.165) is 0 Å². The van der Waals surface area contributed by atoms with Crippen LogP contribution >= 0.6 is 0 Å². The molecular formula is C24H20N2O3. The third-order valence-corrected chi connectivity index (χ3v) is 4.61. The fourth-order valence-electron chi connectivity index (χ4n) is 3.32. The second-order valence-electron chi connectivity index (χ2n) is 6.45. The second-order valence-corrected chi connectivity index (χ2v) is 6.45. The number of rotatable bonds is 6. The van der Waals surface area contributed by atoms with Gasteiger partial charge in [0.1, 0.15) is 11.4 Å². The van der Waals surface area contributed by atoms with E-state index in [9.17, 15) is 9.59 Å². The summed E-state index contributed by atoms with van der Waals surface area (Å²) < 4.78 is 5.67. The molecule has 0 radical (unpaired) electrons. The maximum atomic E-state index is 13.3. The highest BCUT2D eigenvalue weighted by Gasteiger charge is 2.40. The molecule has 0 spiro atoms. The molecule has 1 N–H and O–H groups in total. The monoisotopic (exact) mass is 384 g/mol. The van der Waals surface area contributed by atoms with Crippen LogP contribution in [0.3, 0.4) is 0 Å². The summed E-state index contributed by atoms with van der Waals surface area (Å²) in [6, 6.07) is 25.5. The van der Waals surface area contributed by atoms with Crippen LogP contribution in [0.1, 0.15) is 12.5 Å². The molecule has 1 heterocycles. The molecule has 144 valence electrons. The van der Waals surface area contributed by atoms with Crippen LogP contribution in [0, 0.1) is 0 Å². The van der Waals surface area contributed by atoms with Crippen LogP contribution in [-0.2, 0) is 9.59 Å². The average molecular weight is 384 g/mol. The molecule has 3 aromatic carbocycles. The number of hydrogen-bond donors (Lipinski definition) is 1. The van der Waals surface area contributed by atoms with E-state index in [1.165, 1.54) is 4.90 Å². The van der Waals surface area contributed by atoms with Crippen LogP contribution in [0.4, 0.5) is 11.4 Å². The standard InChI is InChI=1S/C24H20N2O3/c1-2-29-20-16-10-9-15-19(20)25-22-21(17-11-5-3-6-12-17)23(27)26(24(22)28)18-13-7-4-8-14-18/h3-16,25H,2H2,1H3. The van der Waals surface area contributed by atoms with Crippen LogP contribution in [0.25, 0.3) is 5.57 Å². The van der Waals surface area contributed by atoms with Crippen molar-refractivity contribution in [3.05, 3.63) is 96.2 Å². The summed E-state index contributed by atoms with van der Waals surface area (Å²) >= 11 is 0. The summed E-state index contributed by atoms with van der Waals surface area (Å²) in [5.41, 5.74) is 2.42. The fourth-order valence-corrected chi connectivity index (χ4v) is 3.32. The Morgan fingerprint density at radius 2 is 1.41 bits per heavy atom. The summed E-state index contributed by atoms with van der Waals surface area (Å²) in [5.74, 6) is -0.136. The third-order valence-electron chi connectivity index (χ3n) is 4.61. The van der Waals surface area contributed by atoms with Crippen molar-refractivity contribution in [2.24, 2.45) is 0 Å². The van der Waals surface area contributed by atoms with Crippen molar-refractivity contribution in [2.45, 2.75) is 6.92 Å². The van der Waals surface area contributed by atoms with Crippen molar-refractivity contribution < 1.29 is 14.3 Å². The molecule has 5 nitrogen and oxygen atoms in total. The number of hydrogen-bond acceptors (Lipinski definition) is 4. The second kappa shape index (κ2) is 8.02. The number of nitrogens with zero attached hydrogens (tertiary/aromatic N) is 1. The zero-order chi connectivity index (χ0) is 20.2. The van der Waals surface area contributed by atoms with Gasteiger partial charge < -0.3 is 10.1 Å². The molecule has 1 aliphatic heterocycles. The molecule has 0 unspecified atom stereocenters. The van der Waals surface area contributed by atoms with Gasteiger partial charge in [-0.05, 0) is 36.8 Å². The molecule has 3 aromatic rings. The Balaban J connectivity index is 1.82. The first-order valence-corrected chi connectivity index (χ1v) is 9.43. The van der Waals surface area contributed by atoms with Crippen molar-refractivity contribution in [2.75, 3.05) is 16.8 Å². The van der Waals surface area contributed by atoms with Gasteiger partial charge in [0.25, 0.3) is 11.8 Å². The number of para-hydroxylation sites is 3. The van der Waals surface area contributed by atoms with Gasteiger partial charge in [-0.3, -0.25) is 9.59 Å². The Kier molecular flexibility index (Phi) is 5.12. The van der Waals surface area contributed by atoms with Gasteiger partial charge in [0.2, 0.25) is 0 Å². The van der Waals surface area contributed by atoms with Crippen LogP contribution < -0.4 is 15.0 Å². The number of carbonyl (C=O) groups is 2. The molecule has 0 aromatic heterocycles. The van der Waals surface area contributed by atoms with Crippen LogP contribution in [0.2, 0.25) is 0 Å². The number of ether oxygens (including phenoxy) is 1. The van der Waals surface area contributed by atoms with Crippen LogP contribution in [0.5, 0.6) is 5.75 Å². The minimum Gasteiger partial charge on any atom is -0.492 e. The maximum absolute atomic E-state index is 13.3. The molecule has 0 saturated heterocycles. The van der Waals surface area contributed by atoms with E-state index in [1.807, 2.05) is 67.6 Å². The van der Waals surface area contributed by atoms with E-state index in [4.69, 9.17) is 4.74 Å². The number of imide groups is 1. The van der Waals surface area contributed by atoms with Crippen molar-refractivity contribution in [1.29, 1.82) is 0 Å². The Morgan fingerprint density at radius 3 is 2.10 bits per heavy atom. The number of benzene rings is 3. The Hall–Kier alpha value is -3.86. The highest BCUT2D eigenvalue weighted by Crippen LogP contribution is 2.35. The van der Waals surface area contributed by atoms with Gasteiger partial charge in [-0.15, -0.1) is 0 Å². The molecule has 0 fully saturated rings. The van der Waals surface area contributed by atoms with Gasteiger partial charge in [0.05, 0.1) is 23.6 Å². The van der Waals surface area contributed by atoms with Gasteiger partial charge in [-0.25, -0.2) is 4.90 Å². The van der Waals surface area contributed by atoms with E-state index in [-0.39, 0.29) is 11.6 Å². The van der Waals surface area contributed by atoms with Crippen molar-refractivity contribution in [3.63, 3.8) is 0 Å². The lowest BCUT2D eigenvalue weighted by molar-refractivity contribution is -0.120. The van der Waals surface area contributed by atoms with Gasteiger partial charge >= 0.3 is 0 Å². The molecule has 0 bridgehead atoms. The van der Waals surface area contributed by atoms with Crippen molar-refractivity contribution >= 4 is 28.8 Å². The highest BCUT2D eigenvalue weighted by atomic mass is 16.5. The minimum absolute atomic E-state index is 0.234. The predicted molar refractivity (Wildman–Crippen MR) is 114 cm³/mol. The minimum atomic E-state index is -0.397. The van der Waals surface area contributed by atoms with Crippen LogP contribution in [-0.4, -0.2) is 18.4 Å². The van der Waals surface area contributed by atoms with E-state index in [2.05, 4.69) is 5.32 Å². The largest absolute Gasteiger partial charge is 0.492 e. The van der Waals surface area contributed by atoms with E-state index in [1.54, 1.807) is 24.3 Å². The Bertz CT molecular complexity index is 1080. The molecule has 29 heavy (non-hydrogen) atoms. The molecule has 0 atom stereocenters. The first-order valence-electron chi connectivity index (χ1n) is 9.43. The lowest BCUT2D eigenvalue weighted by atomic mass is 10.0. The van der Waals surface area contributed by atoms with Gasteiger partial charge in [-0.2, -0.15) is 0 Å². The highest BCUT2D eigenvalue weighted by molar-refractivity contribution is 6.46. The molecule has 5 heteroatoms. The molecular weight excluding hydrogens is 364 g/mol. The van der Waals surface area contributed by atoms with E-state index < -0.39 is 5.91 Å². The topological polar surface area (TPSA) is 58.6 Å². The first kappa shape index (κ1) is 18.5. The number of carbonyl (C=O) groups excluding carboxylic acids is 2. The number of nitrogens with one attached hydrogen (secondary N) is 1. The summed E-state index contributed by atoms with van der Waals surface area (Å²) in [4.78, 5) is 27.8. The quantitative estimate of drug-likeness (QED) is 0.637. The summed E-state index contributed by atoms with van der Waals surface area (Å²) in [7, 11) is 0. The summed E-state index contributed by atoms with van der Waals surface area (Å²) in [6.45, 7) is 2.39.